The summed E-state index contributed by atoms with van der Waals surface area (Å²) in [5, 5.41) is 2.71. The van der Waals surface area contributed by atoms with Gasteiger partial charge in [0.05, 0.1) is 6.04 Å². The Labute approximate surface area is 196 Å². The molecule has 168 valence electrons. The van der Waals surface area contributed by atoms with E-state index in [1.807, 2.05) is 60.7 Å². The molecule has 0 aliphatic heterocycles. The summed E-state index contributed by atoms with van der Waals surface area (Å²) in [6.07, 6.45) is 2.67. The number of aromatic amines is 1. The molecule has 4 rings (SSSR count). The van der Waals surface area contributed by atoms with Crippen molar-refractivity contribution in [1.29, 1.82) is 0 Å². The van der Waals surface area contributed by atoms with Crippen molar-refractivity contribution in [1.82, 2.24) is 9.97 Å². The summed E-state index contributed by atoms with van der Waals surface area (Å²) in [7, 11) is 0. The number of nitrogens with one attached hydrogen (secondary N) is 2. The number of halogens is 2. The summed E-state index contributed by atoms with van der Waals surface area (Å²) in [6.45, 7) is 0. The molecule has 0 aliphatic rings. The molecular weight excluding hydrogens is 443 g/mol. The maximum atomic E-state index is 14.7. The SMILES string of the molecule is Cl.NC(C(=O)Nc1ccc(-c2cnc(=O)[nH]c2)c(F)c1)C(c1ccccc1)c1ccccc1. The largest absolute Gasteiger partial charge is 0.344 e. The van der Waals surface area contributed by atoms with Crippen LogP contribution in [0.4, 0.5) is 10.1 Å². The molecule has 1 atom stereocenters. The second kappa shape index (κ2) is 10.7. The number of aromatic nitrogens is 2. The predicted molar refractivity (Wildman–Crippen MR) is 129 cm³/mol. The number of hydrogen-bond acceptors (Lipinski definition) is 4. The molecule has 3 aromatic carbocycles. The minimum absolute atomic E-state index is 0. The number of hydrogen-bond donors (Lipinski definition) is 3. The lowest BCUT2D eigenvalue weighted by molar-refractivity contribution is -0.117. The summed E-state index contributed by atoms with van der Waals surface area (Å²) in [4.78, 5) is 30.1. The molecule has 0 spiro atoms. The lowest BCUT2D eigenvalue weighted by Crippen LogP contribution is -2.41. The zero-order valence-corrected chi connectivity index (χ0v) is 18.3. The molecule has 1 amide bonds. The van der Waals surface area contributed by atoms with Crippen molar-refractivity contribution in [2.24, 2.45) is 5.73 Å². The van der Waals surface area contributed by atoms with Gasteiger partial charge in [-0.3, -0.25) is 4.79 Å². The summed E-state index contributed by atoms with van der Waals surface area (Å²) in [6, 6.07) is 22.5. The van der Waals surface area contributed by atoms with E-state index in [2.05, 4.69) is 15.3 Å². The van der Waals surface area contributed by atoms with Crippen LogP contribution >= 0.6 is 12.4 Å². The number of amides is 1. The smallest absolute Gasteiger partial charge is 0.325 e. The first-order chi connectivity index (χ1) is 15.5. The normalized spacial score (nSPS) is 11.5. The molecule has 0 fully saturated rings. The van der Waals surface area contributed by atoms with E-state index in [0.717, 1.165) is 11.1 Å². The highest BCUT2D eigenvalue weighted by Crippen LogP contribution is 2.29. The molecule has 0 saturated heterocycles. The zero-order chi connectivity index (χ0) is 22.5. The number of H-pyrrole nitrogens is 1. The second-order valence-corrected chi connectivity index (χ2v) is 7.32. The molecular formula is C25H22ClFN4O2. The molecule has 0 radical (unpaired) electrons. The van der Waals surface area contributed by atoms with Crippen LogP contribution in [0.25, 0.3) is 11.1 Å². The molecule has 0 saturated carbocycles. The summed E-state index contributed by atoms with van der Waals surface area (Å²) in [5.74, 6) is -1.36. The minimum atomic E-state index is -0.897. The lowest BCUT2D eigenvalue weighted by Gasteiger charge is -2.24. The van der Waals surface area contributed by atoms with E-state index in [9.17, 15) is 14.0 Å². The van der Waals surface area contributed by atoms with Crippen LogP contribution in [0.1, 0.15) is 17.0 Å². The van der Waals surface area contributed by atoms with Gasteiger partial charge in [0.15, 0.2) is 0 Å². The summed E-state index contributed by atoms with van der Waals surface area (Å²) >= 11 is 0. The minimum Gasteiger partial charge on any atom is -0.325 e. The molecule has 1 unspecified atom stereocenters. The lowest BCUT2D eigenvalue weighted by atomic mass is 9.85. The van der Waals surface area contributed by atoms with Gasteiger partial charge < -0.3 is 16.0 Å². The van der Waals surface area contributed by atoms with Crippen molar-refractivity contribution in [3.8, 4) is 11.1 Å². The average molecular weight is 465 g/mol. The van der Waals surface area contributed by atoms with Crippen molar-refractivity contribution < 1.29 is 9.18 Å². The number of benzene rings is 3. The van der Waals surface area contributed by atoms with E-state index in [4.69, 9.17) is 5.73 Å². The molecule has 4 N–H and O–H groups in total. The van der Waals surface area contributed by atoms with Gasteiger partial charge in [-0.2, -0.15) is 0 Å². The van der Waals surface area contributed by atoms with Gasteiger partial charge in [-0.1, -0.05) is 60.7 Å². The van der Waals surface area contributed by atoms with Gasteiger partial charge in [0.1, 0.15) is 5.82 Å². The Bertz CT molecular complexity index is 1220. The fraction of sp³-hybridized carbons (Fsp3) is 0.0800. The summed E-state index contributed by atoms with van der Waals surface area (Å²) in [5.41, 5.74) is 8.66. The highest BCUT2D eigenvalue weighted by atomic mass is 35.5. The van der Waals surface area contributed by atoms with Crippen LogP contribution in [0.5, 0.6) is 0 Å². The van der Waals surface area contributed by atoms with Crippen molar-refractivity contribution >= 4 is 24.0 Å². The maximum Gasteiger partial charge on any atom is 0.344 e. The van der Waals surface area contributed by atoms with Crippen LogP contribution in [-0.2, 0) is 4.79 Å². The first-order valence-corrected chi connectivity index (χ1v) is 10.0. The third-order valence-electron chi connectivity index (χ3n) is 5.20. The van der Waals surface area contributed by atoms with Crippen LogP contribution < -0.4 is 16.7 Å². The Morgan fingerprint density at radius 3 is 2.09 bits per heavy atom. The van der Waals surface area contributed by atoms with Crippen LogP contribution in [-0.4, -0.2) is 21.9 Å². The van der Waals surface area contributed by atoms with E-state index in [-0.39, 0.29) is 29.6 Å². The van der Waals surface area contributed by atoms with Crippen LogP contribution in [0.15, 0.2) is 96.1 Å². The van der Waals surface area contributed by atoms with Crippen molar-refractivity contribution in [2.45, 2.75) is 12.0 Å². The molecule has 0 aliphatic carbocycles. The number of carbonyl (C=O) groups is 1. The van der Waals surface area contributed by atoms with Gasteiger partial charge in [0.25, 0.3) is 0 Å². The van der Waals surface area contributed by atoms with Gasteiger partial charge in [-0.05, 0) is 29.3 Å². The fourth-order valence-electron chi connectivity index (χ4n) is 3.62. The summed E-state index contributed by atoms with van der Waals surface area (Å²) < 4.78 is 14.7. The Morgan fingerprint density at radius 1 is 0.970 bits per heavy atom. The van der Waals surface area contributed by atoms with Gasteiger partial charge in [0, 0.05) is 35.1 Å². The zero-order valence-electron chi connectivity index (χ0n) is 17.4. The highest BCUT2D eigenvalue weighted by Gasteiger charge is 2.28. The van der Waals surface area contributed by atoms with Crippen molar-refractivity contribution in [3.63, 3.8) is 0 Å². The number of carbonyl (C=O) groups excluding carboxylic acids is 1. The molecule has 33 heavy (non-hydrogen) atoms. The van der Waals surface area contributed by atoms with E-state index < -0.39 is 23.5 Å². The van der Waals surface area contributed by atoms with Crippen LogP contribution in [0.2, 0.25) is 0 Å². The van der Waals surface area contributed by atoms with Gasteiger partial charge in [-0.15, -0.1) is 12.4 Å². The van der Waals surface area contributed by atoms with Crippen LogP contribution in [0, 0.1) is 5.82 Å². The Hall–Kier alpha value is -3.81. The quantitative estimate of drug-likeness (QED) is 0.400. The molecule has 8 heteroatoms. The van der Waals surface area contributed by atoms with Gasteiger partial charge in [-0.25, -0.2) is 14.2 Å². The average Bonchev–Trinajstić information content (AvgIpc) is 2.81. The number of nitrogens with two attached hydrogens (primary N) is 1. The van der Waals surface area contributed by atoms with E-state index in [1.165, 1.54) is 24.5 Å². The third-order valence-corrected chi connectivity index (χ3v) is 5.20. The molecule has 4 aromatic rings. The fourth-order valence-corrected chi connectivity index (χ4v) is 3.62. The molecule has 6 nitrogen and oxygen atoms in total. The van der Waals surface area contributed by atoms with Gasteiger partial charge >= 0.3 is 5.69 Å². The van der Waals surface area contributed by atoms with Crippen LogP contribution in [0.3, 0.4) is 0 Å². The number of rotatable bonds is 6. The third kappa shape index (κ3) is 5.52. The van der Waals surface area contributed by atoms with E-state index in [1.54, 1.807) is 6.07 Å². The Balaban J connectivity index is 0.00000306. The Morgan fingerprint density at radius 2 is 1.58 bits per heavy atom. The van der Waals surface area contributed by atoms with E-state index in [0.29, 0.717) is 5.56 Å². The number of nitrogens with zero attached hydrogens (tertiary/aromatic N) is 1. The predicted octanol–water partition coefficient (Wildman–Crippen LogP) is 4.10. The second-order valence-electron chi connectivity index (χ2n) is 7.32. The monoisotopic (exact) mass is 464 g/mol. The topological polar surface area (TPSA) is 101 Å². The standard InChI is InChI=1S/C25H21FN4O2.ClH/c26-21-13-19(11-12-20(21)18-14-28-25(32)29-15-18)30-24(31)23(27)22(16-7-3-1-4-8-16)17-9-5-2-6-10-17;/h1-15,22-23H,27H2,(H,30,31)(H,28,29,32);1H. The first-order valence-electron chi connectivity index (χ1n) is 10.0. The van der Waals surface area contributed by atoms with E-state index >= 15 is 0 Å². The van der Waals surface area contributed by atoms with Crippen molar-refractivity contribution in [2.75, 3.05) is 5.32 Å². The molecule has 0 bridgehead atoms. The molecule has 1 heterocycles. The van der Waals surface area contributed by atoms with Gasteiger partial charge in [0.2, 0.25) is 5.91 Å². The Kier molecular flexibility index (Phi) is 7.71. The highest BCUT2D eigenvalue weighted by molar-refractivity contribution is 5.96. The molecule has 1 aromatic heterocycles. The maximum absolute atomic E-state index is 14.7. The number of anilines is 1. The van der Waals surface area contributed by atoms with Crippen molar-refractivity contribution in [3.05, 3.63) is 119 Å². The first kappa shape index (κ1) is 23.8.